The van der Waals surface area contributed by atoms with Gasteiger partial charge in [-0.3, -0.25) is 9.59 Å². The number of aliphatic hydroxyl groups is 2. The number of rotatable bonds is 14. The molecule has 0 unspecified atom stereocenters. The average molecular weight is 775 g/mol. The predicted molar refractivity (Wildman–Crippen MR) is 204 cm³/mol. The molecule has 4 aromatic rings. The van der Waals surface area contributed by atoms with Gasteiger partial charge in [-0.1, -0.05) is 75.4 Å². The second-order valence-electron chi connectivity index (χ2n) is 14.9. The van der Waals surface area contributed by atoms with Crippen LogP contribution in [0.1, 0.15) is 49.9 Å². The normalized spacial score (nSPS) is 17.2. The highest BCUT2D eigenvalue weighted by Crippen LogP contribution is 2.35. The van der Waals surface area contributed by atoms with Crippen molar-refractivity contribution in [3.8, 4) is 22.8 Å². The van der Waals surface area contributed by atoms with Crippen LogP contribution in [0.25, 0.3) is 11.1 Å². The number of nitrogens with zero attached hydrogens (tertiary/aromatic N) is 1. The third-order valence-electron chi connectivity index (χ3n) is 9.79. The molecular weight excluding hydrogens is 726 g/mol. The number of halogens is 2. The van der Waals surface area contributed by atoms with Gasteiger partial charge in [0.05, 0.1) is 32.4 Å². The molecule has 0 radical (unpaired) electrons. The molecule has 298 valence electrons. The van der Waals surface area contributed by atoms with E-state index in [1.807, 2.05) is 30.3 Å². The van der Waals surface area contributed by atoms with Crippen LogP contribution in [-0.4, -0.2) is 78.2 Å². The van der Waals surface area contributed by atoms with E-state index in [9.17, 15) is 29.0 Å². The third-order valence-corrected chi connectivity index (χ3v) is 9.79. The van der Waals surface area contributed by atoms with Crippen LogP contribution < -0.4 is 25.4 Å². The topological polar surface area (TPSA) is 168 Å². The van der Waals surface area contributed by atoms with Crippen LogP contribution in [-0.2, 0) is 27.2 Å². The molecule has 5 N–H and O–H groups in total. The lowest BCUT2D eigenvalue weighted by atomic mass is 9.85. The quantitative estimate of drug-likeness (QED) is 0.118. The average Bonchev–Trinajstić information content (AvgIpc) is 3.18. The molecular formula is C42H48F2N4O8. The molecule has 3 amide bonds. The number of amides is 3. The van der Waals surface area contributed by atoms with Crippen LogP contribution in [0.3, 0.4) is 0 Å². The first-order chi connectivity index (χ1) is 26.7. The van der Waals surface area contributed by atoms with Crippen LogP contribution in [0.2, 0.25) is 0 Å². The summed E-state index contributed by atoms with van der Waals surface area (Å²) in [5.41, 5.74) is 2.08. The Morgan fingerprint density at radius 2 is 1.59 bits per heavy atom. The maximum Gasteiger partial charge on any atom is 0.407 e. The molecule has 1 aromatic heterocycles. The number of pyridine rings is 1. The van der Waals surface area contributed by atoms with E-state index < -0.39 is 71.2 Å². The van der Waals surface area contributed by atoms with Crippen molar-refractivity contribution in [1.82, 2.24) is 20.9 Å². The SMILES string of the molecule is COC(=O)N[C@H](C(=O)N[C@@H](Cc1ccc(-c2ccc(OC)nc2)cc1)[C@@H](O)C[C@@H](Cc1ccccc1F)C(=O)N[C@H]1c2cccc(F)c2OC[C@H]1O)C(C)(C)C. The molecule has 6 atom stereocenters. The van der Waals surface area contributed by atoms with E-state index in [0.717, 1.165) is 16.7 Å². The Kier molecular flexibility index (Phi) is 13.6. The van der Waals surface area contributed by atoms with Crippen LogP contribution in [0.15, 0.2) is 85.1 Å². The summed E-state index contributed by atoms with van der Waals surface area (Å²) in [5, 5.41) is 31.1. The lowest BCUT2D eigenvalue weighted by Crippen LogP contribution is -2.57. The number of ether oxygens (including phenoxy) is 3. The van der Waals surface area contributed by atoms with Gasteiger partial charge in [-0.25, -0.2) is 18.6 Å². The van der Waals surface area contributed by atoms with Crippen molar-refractivity contribution in [3.63, 3.8) is 0 Å². The van der Waals surface area contributed by atoms with Gasteiger partial charge in [-0.15, -0.1) is 0 Å². The summed E-state index contributed by atoms with van der Waals surface area (Å²) in [6.07, 6.45) is -2.08. The Hall–Kier alpha value is -5.60. The summed E-state index contributed by atoms with van der Waals surface area (Å²) in [6, 6.07) is 18.0. The van der Waals surface area contributed by atoms with E-state index in [2.05, 4.69) is 20.9 Å². The minimum atomic E-state index is -1.39. The van der Waals surface area contributed by atoms with Gasteiger partial charge in [0.2, 0.25) is 17.7 Å². The van der Waals surface area contributed by atoms with E-state index in [4.69, 9.17) is 14.2 Å². The van der Waals surface area contributed by atoms with E-state index in [1.54, 1.807) is 39.1 Å². The monoisotopic (exact) mass is 774 g/mol. The largest absolute Gasteiger partial charge is 0.487 e. The minimum absolute atomic E-state index is 0.0974. The van der Waals surface area contributed by atoms with Crippen molar-refractivity contribution >= 4 is 17.9 Å². The molecule has 1 aliphatic heterocycles. The van der Waals surface area contributed by atoms with Gasteiger partial charge in [0.1, 0.15) is 24.6 Å². The Morgan fingerprint density at radius 1 is 0.893 bits per heavy atom. The molecule has 0 aliphatic carbocycles. The van der Waals surface area contributed by atoms with E-state index in [-0.39, 0.29) is 42.7 Å². The molecule has 0 saturated heterocycles. The highest BCUT2D eigenvalue weighted by molar-refractivity contribution is 5.86. The fourth-order valence-electron chi connectivity index (χ4n) is 6.67. The van der Waals surface area contributed by atoms with Crippen molar-refractivity contribution in [2.24, 2.45) is 11.3 Å². The van der Waals surface area contributed by atoms with Crippen LogP contribution in [0, 0.1) is 23.0 Å². The number of carbonyl (C=O) groups excluding carboxylic acids is 3. The number of para-hydroxylation sites is 1. The molecule has 56 heavy (non-hydrogen) atoms. The zero-order chi connectivity index (χ0) is 40.6. The summed E-state index contributed by atoms with van der Waals surface area (Å²) in [6.45, 7) is 4.99. The number of carbonyl (C=O) groups is 3. The predicted octanol–water partition coefficient (Wildman–Crippen LogP) is 5.05. The van der Waals surface area contributed by atoms with Crippen molar-refractivity contribution in [1.29, 1.82) is 0 Å². The number of alkyl carbamates (subject to hydrolysis) is 1. The molecule has 0 fully saturated rings. The zero-order valence-corrected chi connectivity index (χ0v) is 31.9. The van der Waals surface area contributed by atoms with E-state index in [1.165, 1.54) is 50.6 Å². The number of aliphatic hydroxyl groups excluding tert-OH is 2. The molecule has 0 spiro atoms. The Labute approximate surface area is 324 Å². The van der Waals surface area contributed by atoms with E-state index in [0.29, 0.717) is 5.88 Å². The van der Waals surface area contributed by atoms with Gasteiger partial charge < -0.3 is 40.4 Å². The smallest absolute Gasteiger partial charge is 0.407 e. The second kappa shape index (κ2) is 18.4. The third kappa shape index (κ3) is 10.4. The first-order valence-corrected chi connectivity index (χ1v) is 18.2. The minimum Gasteiger partial charge on any atom is -0.487 e. The molecule has 12 nitrogen and oxygen atoms in total. The second-order valence-corrected chi connectivity index (χ2v) is 14.9. The number of fused-ring (bicyclic) bond motifs is 1. The molecule has 1 aliphatic rings. The highest BCUT2D eigenvalue weighted by Gasteiger charge is 2.38. The molecule has 14 heteroatoms. The van der Waals surface area contributed by atoms with Crippen LogP contribution in [0.4, 0.5) is 13.6 Å². The first-order valence-electron chi connectivity index (χ1n) is 18.2. The summed E-state index contributed by atoms with van der Waals surface area (Å²) in [4.78, 5) is 44.6. The van der Waals surface area contributed by atoms with E-state index >= 15 is 4.39 Å². The molecule has 3 aromatic carbocycles. The summed E-state index contributed by atoms with van der Waals surface area (Å²) < 4.78 is 45.0. The van der Waals surface area contributed by atoms with Crippen LogP contribution in [0.5, 0.6) is 11.6 Å². The number of nitrogens with one attached hydrogen (secondary N) is 3. The fraction of sp³-hybridized carbons (Fsp3) is 0.381. The Morgan fingerprint density at radius 3 is 2.23 bits per heavy atom. The maximum absolute atomic E-state index is 15.1. The molecule has 0 saturated carbocycles. The van der Waals surface area contributed by atoms with Gasteiger partial charge >= 0.3 is 6.09 Å². The molecule has 2 heterocycles. The summed E-state index contributed by atoms with van der Waals surface area (Å²) in [5.74, 6) is -3.18. The highest BCUT2D eigenvalue weighted by atomic mass is 19.1. The fourth-order valence-corrected chi connectivity index (χ4v) is 6.67. The van der Waals surface area contributed by atoms with Crippen LogP contribution >= 0.6 is 0 Å². The number of aromatic nitrogens is 1. The number of methoxy groups -OCH3 is 2. The van der Waals surface area contributed by atoms with Crippen molar-refractivity contribution in [2.75, 3.05) is 20.8 Å². The standard InChI is InChI=1S/C42H48F2N4O8/c1-42(2,3)38(48-41(53)55-5)40(52)46-32(19-24-13-15-25(16-14-24)27-17-18-35(54-4)45-22-27)33(49)21-28(20-26-9-6-7-11-30(26)43)39(51)47-36-29-10-8-12-31(44)37(29)56-23-34(36)50/h6-18,22,28,32-34,36,38,49-50H,19-21,23H2,1-5H3,(H,46,52)(H,47,51)(H,48,53)/t28-,32+,33+,34-,36+,38-/m1/s1. The van der Waals surface area contributed by atoms with Gasteiger partial charge in [-0.05, 0) is 59.6 Å². The summed E-state index contributed by atoms with van der Waals surface area (Å²) in [7, 11) is 2.71. The van der Waals surface area contributed by atoms with Gasteiger partial charge in [0.15, 0.2) is 11.6 Å². The van der Waals surface area contributed by atoms with Gasteiger partial charge in [0.25, 0.3) is 0 Å². The van der Waals surface area contributed by atoms with Crippen molar-refractivity contribution in [2.45, 2.75) is 70.4 Å². The molecule has 0 bridgehead atoms. The number of hydrogen-bond acceptors (Lipinski definition) is 9. The maximum atomic E-state index is 15.1. The van der Waals surface area contributed by atoms with Crippen molar-refractivity contribution in [3.05, 3.63) is 113 Å². The Balaban J connectivity index is 1.45. The van der Waals surface area contributed by atoms with Crippen molar-refractivity contribution < 1.29 is 47.6 Å². The number of hydrogen-bond donors (Lipinski definition) is 5. The van der Waals surface area contributed by atoms with Gasteiger partial charge in [0, 0.05) is 29.3 Å². The summed E-state index contributed by atoms with van der Waals surface area (Å²) >= 11 is 0. The lowest BCUT2D eigenvalue weighted by Gasteiger charge is -2.34. The van der Waals surface area contributed by atoms with Gasteiger partial charge in [-0.2, -0.15) is 0 Å². The number of benzene rings is 3. The first kappa shape index (κ1) is 41.6. The zero-order valence-electron chi connectivity index (χ0n) is 31.9. The lowest BCUT2D eigenvalue weighted by molar-refractivity contribution is -0.128. The Bertz CT molecular complexity index is 1970. The molecule has 5 rings (SSSR count).